The number of thioether (sulfide) groups is 1. The lowest BCUT2D eigenvalue weighted by Gasteiger charge is -2.11. The summed E-state index contributed by atoms with van der Waals surface area (Å²) < 4.78 is 1.95. The van der Waals surface area contributed by atoms with Crippen LogP contribution in [-0.4, -0.2) is 26.3 Å². The van der Waals surface area contributed by atoms with E-state index in [1.807, 2.05) is 60.0 Å². The average Bonchev–Trinajstić information content (AvgIpc) is 3.19. The van der Waals surface area contributed by atoms with E-state index in [0.717, 1.165) is 16.8 Å². The number of halogens is 2. The van der Waals surface area contributed by atoms with Gasteiger partial charge in [-0.25, -0.2) is 0 Å². The predicted molar refractivity (Wildman–Crippen MR) is 123 cm³/mol. The molecule has 0 radical (unpaired) electrons. The highest BCUT2D eigenvalue weighted by molar-refractivity contribution is 7.99. The van der Waals surface area contributed by atoms with Gasteiger partial charge in [0.05, 0.1) is 5.75 Å². The largest absolute Gasteiger partial charge is 0.293 e. The number of para-hydroxylation sites is 1. The number of carbonyl (C=O) groups excluding carboxylic acids is 1. The summed E-state index contributed by atoms with van der Waals surface area (Å²) >= 11 is 13.6. The molecule has 0 aliphatic heterocycles. The van der Waals surface area contributed by atoms with Gasteiger partial charge in [0.15, 0.2) is 16.8 Å². The molecule has 4 nitrogen and oxygen atoms in total. The number of nitrogens with zero attached hydrogens (tertiary/aromatic N) is 3. The molecule has 0 aliphatic carbocycles. The molecule has 0 saturated heterocycles. The van der Waals surface area contributed by atoms with Crippen molar-refractivity contribution in [2.45, 2.75) is 12.1 Å². The van der Waals surface area contributed by atoms with Crippen LogP contribution in [0.1, 0.15) is 15.9 Å². The van der Waals surface area contributed by atoms with Crippen LogP contribution in [0.2, 0.25) is 10.0 Å². The minimum atomic E-state index is -0.000733. The van der Waals surface area contributed by atoms with Crippen molar-refractivity contribution < 1.29 is 4.79 Å². The molecule has 0 fully saturated rings. The van der Waals surface area contributed by atoms with Crippen molar-refractivity contribution in [3.63, 3.8) is 0 Å². The third kappa shape index (κ3) is 4.43. The van der Waals surface area contributed by atoms with Gasteiger partial charge in [0, 0.05) is 26.9 Å². The molecule has 7 heteroatoms. The summed E-state index contributed by atoms with van der Waals surface area (Å²) in [6.07, 6.45) is 0. The molecule has 1 heterocycles. The Morgan fingerprint density at radius 3 is 2.40 bits per heavy atom. The van der Waals surface area contributed by atoms with Crippen molar-refractivity contribution in [2.75, 3.05) is 5.75 Å². The topological polar surface area (TPSA) is 47.8 Å². The van der Waals surface area contributed by atoms with Crippen molar-refractivity contribution in [1.82, 2.24) is 14.8 Å². The van der Waals surface area contributed by atoms with E-state index < -0.39 is 0 Å². The van der Waals surface area contributed by atoms with Gasteiger partial charge in [-0.3, -0.25) is 9.36 Å². The van der Waals surface area contributed by atoms with Gasteiger partial charge < -0.3 is 0 Å². The van der Waals surface area contributed by atoms with Gasteiger partial charge in [-0.05, 0) is 55.0 Å². The molecule has 4 rings (SSSR count). The summed E-state index contributed by atoms with van der Waals surface area (Å²) in [7, 11) is 0. The Hall–Kier alpha value is -2.60. The molecule has 1 aromatic heterocycles. The number of hydrogen-bond donors (Lipinski definition) is 0. The van der Waals surface area contributed by atoms with Gasteiger partial charge in [0.1, 0.15) is 0 Å². The smallest absolute Gasteiger partial charge is 0.196 e. The molecular weight excluding hydrogens is 437 g/mol. The minimum absolute atomic E-state index is 0.000733. The van der Waals surface area contributed by atoms with Crippen LogP contribution in [0.5, 0.6) is 0 Å². The van der Waals surface area contributed by atoms with E-state index in [1.54, 1.807) is 24.3 Å². The molecule has 0 amide bonds. The van der Waals surface area contributed by atoms with Gasteiger partial charge in [-0.2, -0.15) is 0 Å². The molecule has 150 valence electrons. The first-order chi connectivity index (χ1) is 14.5. The Labute approximate surface area is 188 Å². The van der Waals surface area contributed by atoms with E-state index in [0.29, 0.717) is 26.6 Å². The van der Waals surface area contributed by atoms with Crippen LogP contribution in [0.3, 0.4) is 0 Å². The fraction of sp³-hybridized carbons (Fsp3) is 0.0870. The number of ketones is 1. The highest BCUT2D eigenvalue weighted by Crippen LogP contribution is 2.30. The van der Waals surface area contributed by atoms with Crippen LogP contribution in [0.25, 0.3) is 17.1 Å². The number of carbonyl (C=O) groups is 1. The summed E-state index contributed by atoms with van der Waals surface area (Å²) in [5, 5.41) is 10.7. The maximum absolute atomic E-state index is 12.6. The second-order valence-electron chi connectivity index (χ2n) is 6.66. The van der Waals surface area contributed by atoms with Crippen LogP contribution >= 0.6 is 35.0 Å². The van der Waals surface area contributed by atoms with Crippen LogP contribution in [-0.2, 0) is 0 Å². The molecule has 30 heavy (non-hydrogen) atoms. The SMILES string of the molecule is Cc1ccc(-c2nnc(SCC(=O)c3ccc(Cl)cc3)n2-c2ccccc2)cc1Cl. The van der Waals surface area contributed by atoms with E-state index in [9.17, 15) is 4.79 Å². The number of aromatic nitrogens is 3. The molecule has 3 aromatic carbocycles. The van der Waals surface area contributed by atoms with Crippen molar-refractivity contribution in [1.29, 1.82) is 0 Å². The zero-order valence-corrected chi connectivity index (χ0v) is 18.4. The van der Waals surface area contributed by atoms with E-state index in [1.165, 1.54) is 11.8 Å². The molecule has 4 aromatic rings. The second kappa shape index (κ2) is 9.04. The highest BCUT2D eigenvalue weighted by atomic mass is 35.5. The monoisotopic (exact) mass is 453 g/mol. The summed E-state index contributed by atoms with van der Waals surface area (Å²) in [6.45, 7) is 1.96. The van der Waals surface area contributed by atoms with Crippen molar-refractivity contribution >= 4 is 40.7 Å². The maximum Gasteiger partial charge on any atom is 0.196 e. The Morgan fingerprint density at radius 2 is 1.70 bits per heavy atom. The first kappa shape index (κ1) is 20.7. The fourth-order valence-corrected chi connectivity index (χ4v) is 4.09. The van der Waals surface area contributed by atoms with Gasteiger partial charge >= 0.3 is 0 Å². The zero-order valence-electron chi connectivity index (χ0n) is 16.0. The molecule has 0 saturated carbocycles. The molecule has 0 bridgehead atoms. The third-order valence-corrected chi connectivity index (χ3v) is 6.16. The number of Topliss-reactive ketones (excluding diaryl/α,β-unsaturated/α-hetero) is 1. The molecular formula is C23H17Cl2N3OS. The standard InChI is InChI=1S/C23H17Cl2N3OS/c1-15-7-8-17(13-20(15)25)22-26-27-23(28(22)19-5-3-2-4-6-19)30-14-21(29)16-9-11-18(24)12-10-16/h2-13H,14H2,1H3. The van der Waals surface area contributed by atoms with Gasteiger partial charge in [-0.15, -0.1) is 10.2 Å². The van der Waals surface area contributed by atoms with E-state index in [2.05, 4.69) is 10.2 Å². The number of benzene rings is 3. The minimum Gasteiger partial charge on any atom is -0.293 e. The molecule has 0 spiro atoms. The van der Waals surface area contributed by atoms with Gasteiger partial charge in [0.2, 0.25) is 0 Å². The fourth-order valence-electron chi connectivity index (χ4n) is 2.94. The van der Waals surface area contributed by atoms with E-state index in [-0.39, 0.29) is 11.5 Å². The lowest BCUT2D eigenvalue weighted by molar-refractivity contribution is 0.102. The molecule has 0 unspecified atom stereocenters. The predicted octanol–water partition coefficient (Wildman–Crippen LogP) is 6.52. The third-order valence-electron chi connectivity index (χ3n) is 4.58. The zero-order chi connectivity index (χ0) is 21.1. The summed E-state index contributed by atoms with van der Waals surface area (Å²) in [6, 6.07) is 22.5. The quantitative estimate of drug-likeness (QED) is 0.246. The van der Waals surface area contributed by atoms with Crippen LogP contribution < -0.4 is 0 Å². The van der Waals surface area contributed by atoms with Crippen LogP contribution in [0.4, 0.5) is 0 Å². The van der Waals surface area contributed by atoms with Crippen molar-refractivity contribution in [3.8, 4) is 17.1 Å². The normalized spacial score (nSPS) is 10.9. The Kier molecular flexibility index (Phi) is 6.23. The van der Waals surface area contributed by atoms with Gasteiger partial charge in [0.25, 0.3) is 0 Å². The summed E-state index contributed by atoms with van der Waals surface area (Å²) in [4.78, 5) is 12.6. The van der Waals surface area contributed by atoms with Crippen LogP contribution in [0, 0.1) is 6.92 Å². The Bertz CT molecular complexity index is 1190. The number of hydrogen-bond acceptors (Lipinski definition) is 4. The maximum atomic E-state index is 12.6. The van der Waals surface area contributed by atoms with Crippen molar-refractivity contribution in [2.24, 2.45) is 0 Å². The van der Waals surface area contributed by atoms with E-state index >= 15 is 0 Å². The Morgan fingerprint density at radius 1 is 0.967 bits per heavy atom. The Balaban J connectivity index is 1.68. The van der Waals surface area contributed by atoms with Crippen molar-refractivity contribution in [3.05, 3.63) is 94.0 Å². The lowest BCUT2D eigenvalue weighted by Crippen LogP contribution is -2.05. The second-order valence-corrected chi connectivity index (χ2v) is 8.45. The van der Waals surface area contributed by atoms with Crippen LogP contribution in [0.15, 0.2) is 78.0 Å². The first-order valence-corrected chi connectivity index (χ1v) is 11.0. The molecule has 0 aliphatic rings. The van der Waals surface area contributed by atoms with E-state index in [4.69, 9.17) is 23.2 Å². The lowest BCUT2D eigenvalue weighted by atomic mass is 10.1. The first-order valence-electron chi connectivity index (χ1n) is 9.22. The molecule has 0 N–H and O–H groups in total. The molecule has 0 atom stereocenters. The number of aryl methyl sites for hydroxylation is 1. The summed E-state index contributed by atoms with van der Waals surface area (Å²) in [5.41, 5.74) is 3.38. The average molecular weight is 454 g/mol. The number of rotatable bonds is 6. The van der Waals surface area contributed by atoms with Gasteiger partial charge in [-0.1, -0.05) is 65.3 Å². The highest BCUT2D eigenvalue weighted by Gasteiger charge is 2.18. The summed E-state index contributed by atoms with van der Waals surface area (Å²) in [5.74, 6) is 0.907.